The number of allylic oxidation sites excluding steroid dienone is 4. The summed E-state index contributed by atoms with van der Waals surface area (Å²) in [5.74, 6) is -1.38. The van der Waals surface area contributed by atoms with Crippen molar-refractivity contribution in [2.24, 2.45) is 5.92 Å². The molecule has 92 heavy (non-hydrogen) atoms. The van der Waals surface area contributed by atoms with Gasteiger partial charge in [0.2, 0.25) is 0 Å². The van der Waals surface area contributed by atoms with Crippen LogP contribution in [0.2, 0.25) is 0 Å². The van der Waals surface area contributed by atoms with Gasteiger partial charge in [-0.1, -0.05) is 303 Å². The van der Waals surface area contributed by atoms with Crippen molar-refractivity contribution in [3.63, 3.8) is 0 Å². The molecule has 0 aliphatic heterocycles. The molecular formula is C73H138O17P2. The van der Waals surface area contributed by atoms with Gasteiger partial charge >= 0.3 is 39.5 Å². The predicted molar refractivity (Wildman–Crippen MR) is 372 cm³/mol. The highest BCUT2D eigenvalue weighted by atomic mass is 31.2. The first-order valence-electron chi connectivity index (χ1n) is 37.5. The highest BCUT2D eigenvalue weighted by Crippen LogP contribution is 2.45. The fourth-order valence-electron chi connectivity index (χ4n) is 10.6. The minimum Gasteiger partial charge on any atom is -0.462 e. The zero-order chi connectivity index (χ0) is 67.7. The molecule has 3 N–H and O–H groups in total. The fraction of sp³-hybridized carbons (Fsp3) is 0.890. The van der Waals surface area contributed by atoms with Crippen molar-refractivity contribution in [1.82, 2.24) is 0 Å². The quantitative estimate of drug-likeness (QED) is 0.0169. The molecule has 0 aromatic carbocycles. The monoisotopic (exact) mass is 1350 g/mol. The number of ether oxygens (including phenoxy) is 4. The summed E-state index contributed by atoms with van der Waals surface area (Å²) in [4.78, 5) is 72.7. The minimum atomic E-state index is -4.96. The first-order chi connectivity index (χ1) is 44.6. The van der Waals surface area contributed by atoms with E-state index in [-0.39, 0.29) is 25.7 Å². The number of hydrogen-bond acceptors (Lipinski definition) is 15. The summed E-state index contributed by atoms with van der Waals surface area (Å²) in [6, 6.07) is 0. The highest BCUT2D eigenvalue weighted by Gasteiger charge is 2.30. The first-order valence-corrected chi connectivity index (χ1v) is 40.5. The van der Waals surface area contributed by atoms with Gasteiger partial charge in [0.1, 0.15) is 19.3 Å². The van der Waals surface area contributed by atoms with Crippen molar-refractivity contribution >= 4 is 39.5 Å². The van der Waals surface area contributed by atoms with Crippen molar-refractivity contribution < 1.29 is 80.2 Å². The molecule has 0 aliphatic carbocycles. The number of rotatable bonds is 71. The molecule has 0 saturated heterocycles. The smallest absolute Gasteiger partial charge is 0.462 e. The van der Waals surface area contributed by atoms with Crippen molar-refractivity contribution in [1.29, 1.82) is 0 Å². The van der Waals surface area contributed by atoms with Gasteiger partial charge in [0.05, 0.1) is 26.4 Å². The van der Waals surface area contributed by atoms with Crippen LogP contribution < -0.4 is 0 Å². The van der Waals surface area contributed by atoms with Crippen molar-refractivity contribution in [2.75, 3.05) is 39.6 Å². The minimum absolute atomic E-state index is 0.0855. The summed E-state index contributed by atoms with van der Waals surface area (Å²) >= 11 is 0. The lowest BCUT2D eigenvalue weighted by Gasteiger charge is -2.21. The number of aliphatic hydroxyl groups excluding tert-OH is 1. The molecule has 542 valence electrons. The lowest BCUT2D eigenvalue weighted by Crippen LogP contribution is -2.30. The van der Waals surface area contributed by atoms with E-state index in [1.807, 2.05) is 0 Å². The molecule has 0 aromatic rings. The Labute approximate surface area is 561 Å². The Hall–Kier alpha value is -2.46. The standard InChI is InChI=1S/C73H138O17P2/c1-6-10-13-16-19-22-25-28-29-31-34-37-43-48-53-58-72(77)89-68(62-83-71(76)57-52-47-42-36-33-30-26-23-20-17-14-11-7-2)64-87-91(79,80)85-60-67(74)61-86-92(81,82)88-65-69(90-73(78)59-54-49-44-39-38-40-45-50-55-66(5)9-4)63-84-70(75)56-51-46-41-35-32-27-24-21-18-15-12-8-3/h22,25,28-29,66-69,74H,6-21,23-24,26-27,30-65H2,1-5H3,(H,79,80)(H,81,82)/b25-22-,29-28-/t66?,67-,68-,69-/m1/s1. The van der Waals surface area contributed by atoms with Gasteiger partial charge in [-0.2, -0.15) is 0 Å². The van der Waals surface area contributed by atoms with E-state index in [4.69, 9.17) is 37.0 Å². The van der Waals surface area contributed by atoms with Crippen LogP contribution in [0.3, 0.4) is 0 Å². The number of carbonyl (C=O) groups excluding carboxylic acids is 4. The Balaban J connectivity index is 5.30. The zero-order valence-electron chi connectivity index (χ0n) is 59.2. The summed E-state index contributed by atoms with van der Waals surface area (Å²) in [6.07, 6.45) is 56.1. The average Bonchev–Trinajstić information content (AvgIpc) is 1.64. The number of esters is 4. The summed E-state index contributed by atoms with van der Waals surface area (Å²) in [7, 11) is -9.92. The Bertz CT molecular complexity index is 1870. The molecule has 0 bridgehead atoms. The molecule has 0 radical (unpaired) electrons. The van der Waals surface area contributed by atoms with Crippen LogP contribution in [0.25, 0.3) is 0 Å². The van der Waals surface area contributed by atoms with E-state index >= 15 is 0 Å². The lowest BCUT2D eigenvalue weighted by molar-refractivity contribution is -0.161. The Morgan fingerprint density at radius 1 is 0.348 bits per heavy atom. The van der Waals surface area contributed by atoms with E-state index in [2.05, 4.69) is 58.9 Å². The van der Waals surface area contributed by atoms with Gasteiger partial charge < -0.3 is 33.8 Å². The summed E-state index contributed by atoms with van der Waals surface area (Å²) < 4.78 is 68.4. The molecular weight excluding hydrogens is 1210 g/mol. The SMILES string of the molecule is CCCCCC/C=C\C=C/CCCCCCCC(=O)O[C@H](COC(=O)CCCCCCCCCCCCCCC)COP(=O)(O)OC[C@@H](O)COP(=O)(O)OC[C@@H](COC(=O)CCCCCCCCCCCCCC)OC(=O)CCCCCCCCCCC(C)CC. The second-order valence-electron chi connectivity index (χ2n) is 25.9. The number of phosphoric ester groups is 2. The van der Waals surface area contributed by atoms with Crippen LogP contribution in [0, 0.1) is 5.92 Å². The van der Waals surface area contributed by atoms with Crippen LogP contribution in [0.4, 0.5) is 0 Å². The Morgan fingerprint density at radius 2 is 0.609 bits per heavy atom. The van der Waals surface area contributed by atoms with Gasteiger partial charge in [0.25, 0.3) is 0 Å². The van der Waals surface area contributed by atoms with Crippen LogP contribution in [-0.2, 0) is 65.4 Å². The molecule has 0 aliphatic rings. The third-order valence-corrected chi connectivity index (χ3v) is 18.7. The molecule has 0 saturated carbocycles. The van der Waals surface area contributed by atoms with E-state index in [0.29, 0.717) is 25.7 Å². The van der Waals surface area contributed by atoms with Gasteiger partial charge in [-0.25, -0.2) is 9.13 Å². The molecule has 0 amide bonds. The Kier molecular flexibility index (Phi) is 64.0. The van der Waals surface area contributed by atoms with Gasteiger partial charge in [-0.15, -0.1) is 0 Å². The molecule has 3 unspecified atom stereocenters. The maximum Gasteiger partial charge on any atom is 0.472 e. The van der Waals surface area contributed by atoms with Crippen LogP contribution in [0.1, 0.15) is 356 Å². The largest absolute Gasteiger partial charge is 0.472 e. The van der Waals surface area contributed by atoms with Crippen LogP contribution in [0.15, 0.2) is 24.3 Å². The second kappa shape index (κ2) is 65.8. The number of carbonyl (C=O) groups is 4. The zero-order valence-corrected chi connectivity index (χ0v) is 61.0. The van der Waals surface area contributed by atoms with E-state index in [1.54, 1.807) is 0 Å². The van der Waals surface area contributed by atoms with Gasteiger partial charge in [-0.3, -0.25) is 37.3 Å². The average molecular weight is 1350 g/mol. The molecule has 0 rings (SSSR count). The first kappa shape index (κ1) is 89.5. The van der Waals surface area contributed by atoms with Crippen LogP contribution >= 0.6 is 15.6 Å². The van der Waals surface area contributed by atoms with Crippen molar-refractivity contribution in [3.8, 4) is 0 Å². The topological polar surface area (TPSA) is 237 Å². The number of aliphatic hydroxyl groups is 1. The molecule has 0 heterocycles. The summed E-state index contributed by atoms with van der Waals surface area (Å²) in [5.41, 5.74) is 0. The van der Waals surface area contributed by atoms with E-state index in [0.717, 1.165) is 109 Å². The molecule has 6 atom stereocenters. The molecule has 0 aromatic heterocycles. The second-order valence-corrected chi connectivity index (χ2v) is 28.8. The van der Waals surface area contributed by atoms with Crippen LogP contribution in [-0.4, -0.2) is 96.7 Å². The maximum absolute atomic E-state index is 13.0. The third kappa shape index (κ3) is 64.9. The van der Waals surface area contributed by atoms with Gasteiger partial charge in [0, 0.05) is 25.7 Å². The van der Waals surface area contributed by atoms with Crippen molar-refractivity contribution in [2.45, 2.75) is 374 Å². The lowest BCUT2D eigenvalue weighted by atomic mass is 9.99. The predicted octanol–water partition coefficient (Wildman–Crippen LogP) is 20.9. The van der Waals surface area contributed by atoms with Gasteiger partial charge in [0.15, 0.2) is 12.2 Å². The van der Waals surface area contributed by atoms with E-state index in [9.17, 15) is 43.2 Å². The number of hydrogen-bond donors (Lipinski definition) is 3. The Morgan fingerprint density at radius 3 is 0.924 bits per heavy atom. The highest BCUT2D eigenvalue weighted by molar-refractivity contribution is 7.47. The molecule has 0 fully saturated rings. The van der Waals surface area contributed by atoms with Crippen LogP contribution in [0.5, 0.6) is 0 Å². The normalized spacial score (nSPS) is 14.5. The van der Waals surface area contributed by atoms with E-state index in [1.165, 1.54) is 167 Å². The van der Waals surface area contributed by atoms with Gasteiger partial charge in [-0.05, 0) is 57.3 Å². The summed E-state index contributed by atoms with van der Waals surface area (Å²) in [6.45, 7) is 7.20. The van der Waals surface area contributed by atoms with Crippen molar-refractivity contribution in [3.05, 3.63) is 24.3 Å². The summed E-state index contributed by atoms with van der Waals surface area (Å²) in [5, 5.41) is 10.6. The third-order valence-electron chi connectivity index (χ3n) is 16.8. The number of unbranched alkanes of at least 4 members (excludes halogenated alkanes) is 39. The molecule has 17 nitrogen and oxygen atoms in total. The van der Waals surface area contributed by atoms with E-state index < -0.39 is 97.5 Å². The number of phosphoric acid groups is 2. The molecule has 0 spiro atoms. The maximum atomic E-state index is 13.0. The molecule has 19 heteroatoms. The fourth-order valence-corrected chi connectivity index (χ4v) is 12.2.